The molecular weight excluding hydrogens is 1110 g/mol. The highest BCUT2D eigenvalue weighted by Gasteiger charge is 2.34. The molecule has 0 spiro atoms. The maximum Gasteiger partial charge on any atom is 0.192 e. The molecular formula is C74H154O2S4Si2. The Labute approximate surface area is 537 Å². The first-order valence-electron chi connectivity index (χ1n) is 38.4. The minimum atomic E-state index is -1.71. The summed E-state index contributed by atoms with van der Waals surface area (Å²) in [7, 11) is 5.02. The van der Waals surface area contributed by atoms with E-state index in [-0.39, 0.29) is 0 Å². The highest BCUT2D eigenvalue weighted by atomic mass is 33.7. The second kappa shape index (κ2) is 71.8. The van der Waals surface area contributed by atoms with Crippen molar-refractivity contribution >= 4 is 57.9 Å². The summed E-state index contributed by atoms with van der Waals surface area (Å²) in [5.41, 5.74) is 0. The van der Waals surface area contributed by atoms with E-state index in [1.54, 1.807) is 0 Å². The lowest BCUT2D eigenvalue weighted by atomic mass is 10.0. The summed E-state index contributed by atoms with van der Waals surface area (Å²) in [6.45, 7) is 15.8. The largest absolute Gasteiger partial charge is 0.417 e. The van der Waals surface area contributed by atoms with Crippen molar-refractivity contribution in [2.24, 2.45) is 0 Å². The minimum Gasteiger partial charge on any atom is -0.417 e. The molecule has 0 N–H and O–H groups in total. The Morgan fingerprint density at radius 3 is 0.488 bits per heavy atom. The second-order valence-electron chi connectivity index (χ2n) is 26.6. The Morgan fingerprint density at radius 2 is 0.329 bits per heavy atom. The van der Waals surface area contributed by atoms with Gasteiger partial charge in [0.15, 0.2) is 16.6 Å². The van der Waals surface area contributed by atoms with Gasteiger partial charge in [-0.15, -0.1) is 0 Å². The third-order valence-corrected chi connectivity index (χ3v) is 34.7. The highest BCUT2D eigenvalue weighted by molar-refractivity contribution is 9.26. The van der Waals surface area contributed by atoms with Crippen molar-refractivity contribution in [2.45, 2.75) is 450 Å². The van der Waals surface area contributed by atoms with E-state index in [9.17, 15) is 0 Å². The average molecular weight is 1260 g/mol. The van der Waals surface area contributed by atoms with Crippen molar-refractivity contribution in [3.63, 3.8) is 0 Å². The molecule has 0 saturated carbocycles. The van der Waals surface area contributed by atoms with E-state index in [2.05, 4.69) is 82.8 Å². The summed E-state index contributed by atoms with van der Waals surface area (Å²) in [5, 5.41) is 0. The molecule has 0 aliphatic heterocycles. The van der Waals surface area contributed by atoms with Crippen LogP contribution < -0.4 is 0 Å². The van der Waals surface area contributed by atoms with Crippen molar-refractivity contribution in [3.8, 4) is 0 Å². The van der Waals surface area contributed by atoms with Crippen LogP contribution in [0.4, 0.5) is 0 Å². The summed E-state index contributed by atoms with van der Waals surface area (Å²) in [5.74, 6) is 2.58. The Bertz CT molecular complexity index is 1000. The molecule has 0 aliphatic carbocycles. The fraction of sp³-hybridized carbons (Fsp3) is 1.00. The van der Waals surface area contributed by atoms with Crippen molar-refractivity contribution in [1.82, 2.24) is 0 Å². The molecule has 0 aliphatic rings. The minimum absolute atomic E-state index is 0.935. The van der Waals surface area contributed by atoms with E-state index >= 15 is 0 Å². The molecule has 2 nitrogen and oxygen atoms in total. The van der Waals surface area contributed by atoms with Gasteiger partial charge in [-0.3, -0.25) is 0 Å². The van der Waals surface area contributed by atoms with Gasteiger partial charge < -0.3 is 8.85 Å². The summed E-state index contributed by atoms with van der Waals surface area (Å²) in [6, 6.07) is 8.48. The van der Waals surface area contributed by atoms with Gasteiger partial charge in [-0.05, 0) is 82.6 Å². The molecule has 494 valence electrons. The van der Waals surface area contributed by atoms with E-state index < -0.39 is 16.6 Å². The van der Waals surface area contributed by atoms with Crippen LogP contribution in [0, 0.1) is 0 Å². The predicted octanol–water partition coefficient (Wildman–Crippen LogP) is 30.3. The van der Waals surface area contributed by atoms with E-state index in [4.69, 9.17) is 8.85 Å². The van der Waals surface area contributed by atoms with Gasteiger partial charge >= 0.3 is 0 Å². The third kappa shape index (κ3) is 62.0. The third-order valence-electron chi connectivity index (χ3n) is 18.7. The Morgan fingerprint density at radius 1 is 0.183 bits per heavy atom. The summed E-state index contributed by atoms with van der Waals surface area (Å²) >= 11 is 0. The fourth-order valence-corrected chi connectivity index (χ4v) is 28.8. The number of unbranched alkanes of at least 4 members (excludes halogenated alkanes) is 52. The van der Waals surface area contributed by atoms with Crippen LogP contribution in [0.2, 0.25) is 36.3 Å². The van der Waals surface area contributed by atoms with Crippen LogP contribution in [-0.2, 0) is 8.85 Å². The maximum atomic E-state index is 7.02. The fourth-order valence-electron chi connectivity index (χ4n) is 13.4. The zero-order chi connectivity index (χ0) is 59.3. The lowest BCUT2D eigenvalue weighted by molar-refractivity contribution is 0.313. The highest BCUT2D eigenvalue weighted by Crippen LogP contribution is 2.45. The topological polar surface area (TPSA) is 18.5 Å². The van der Waals surface area contributed by atoms with Crippen LogP contribution >= 0.6 is 41.2 Å². The van der Waals surface area contributed by atoms with Crippen LogP contribution in [0.25, 0.3) is 0 Å². The van der Waals surface area contributed by atoms with Crippen LogP contribution in [0.15, 0.2) is 0 Å². The second-order valence-corrected chi connectivity index (χ2v) is 41.2. The lowest BCUT2D eigenvalue weighted by Crippen LogP contribution is -2.38. The standard InChI is InChI=1S/C74H154O2S4Si2/c1-7-13-17-21-25-29-33-37-41-45-49-53-57-61-69-81(75-11-5,70-62-58-54-50-46-42-38-34-30-26-22-18-14-8-2)73-65-67-77-79-80-78-68-66-74-82(76-12-6,71-63-59-55-51-47-43-39-35-31-27-23-19-15-9-3)72-64-60-56-52-48-44-40-36-32-28-24-20-16-10-4/h7-74H2,1-6H3. The molecule has 0 fully saturated rings. The smallest absolute Gasteiger partial charge is 0.192 e. The number of hydrogen-bond acceptors (Lipinski definition) is 6. The van der Waals surface area contributed by atoms with Crippen LogP contribution in [0.1, 0.15) is 414 Å². The molecule has 0 bridgehead atoms. The molecule has 0 unspecified atom stereocenters. The normalized spacial score (nSPS) is 12.2. The van der Waals surface area contributed by atoms with Gasteiger partial charge in [-0.2, -0.15) is 0 Å². The molecule has 0 rings (SSSR count). The van der Waals surface area contributed by atoms with Crippen LogP contribution in [0.5, 0.6) is 0 Å². The van der Waals surface area contributed by atoms with E-state index in [1.165, 1.54) is 420 Å². The summed E-state index contributed by atoms with van der Waals surface area (Å²) < 4.78 is 14.0. The zero-order valence-electron chi connectivity index (χ0n) is 57.5. The maximum absolute atomic E-state index is 7.02. The zero-order valence-corrected chi connectivity index (χ0v) is 62.8. The molecule has 0 amide bonds. The molecule has 0 radical (unpaired) electrons. The van der Waals surface area contributed by atoms with Gasteiger partial charge in [0, 0.05) is 24.7 Å². The van der Waals surface area contributed by atoms with E-state index in [0.29, 0.717) is 0 Å². The Hall–Kier alpha value is 1.75. The van der Waals surface area contributed by atoms with Gasteiger partial charge in [0.05, 0.1) is 0 Å². The molecule has 0 saturated heterocycles. The average Bonchev–Trinajstić information content (AvgIpc) is 3.51. The molecule has 8 heteroatoms. The SMILES string of the molecule is CCCCCCCCCCCCCCCC[Si](CCCCCCCCCCCCCCCC)(CCCSSSSCCC[Si](CCCCCCCCCCCCCCCC)(CCCCCCCCCCCCCCCC)OCC)OCC. The van der Waals surface area contributed by atoms with Gasteiger partial charge in [0.25, 0.3) is 0 Å². The molecule has 82 heavy (non-hydrogen) atoms. The summed E-state index contributed by atoms with van der Waals surface area (Å²) in [6.07, 6.45) is 83.8. The first kappa shape index (κ1) is 83.8. The Kier molecular flexibility index (Phi) is 73.4. The van der Waals surface area contributed by atoms with Gasteiger partial charge in [0.1, 0.15) is 0 Å². The first-order valence-corrected chi connectivity index (χ1v) is 48.6. The van der Waals surface area contributed by atoms with Gasteiger partial charge in [-0.1, -0.05) is 409 Å². The lowest BCUT2D eigenvalue weighted by Gasteiger charge is -2.32. The monoisotopic (exact) mass is 1260 g/mol. The Balaban J connectivity index is 4.98. The van der Waals surface area contributed by atoms with Crippen molar-refractivity contribution in [3.05, 3.63) is 0 Å². The molecule has 0 aromatic heterocycles. The molecule has 0 heterocycles. The van der Waals surface area contributed by atoms with Gasteiger partial charge in [0.2, 0.25) is 0 Å². The van der Waals surface area contributed by atoms with Crippen molar-refractivity contribution < 1.29 is 8.85 Å². The van der Waals surface area contributed by atoms with Crippen LogP contribution in [-0.4, -0.2) is 41.4 Å². The number of rotatable bonds is 75. The van der Waals surface area contributed by atoms with Crippen molar-refractivity contribution in [2.75, 3.05) is 24.7 Å². The predicted molar refractivity (Wildman–Crippen MR) is 394 cm³/mol. The molecule has 0 aromatic carbocycles. The quantitative estimate of drug-likeness (QED) is 0.0341. The summed E-state index contributed by atoms with van der Waals surface area (Å²) in [4.78, 5) is 0. The van der Waals surface area contributed by atoms with E-state index in [0.717, 1.165) is 13.2 Å². The molecule has 0 atom stereocenters. The first-order chi connectivity index (χ1) is 40.6. The number of hydrogen-bond donors (Lipinski definition) is 0. The van der Waals surface area contributed by atoms with E-state index in [1.807, 2.05) is 0 Å². The molecule has 0 aromatic rings. The van der Waals surface area contributed by atoms with Gasteiger partial charge in [-0.25, -0.2) is 0 Å². The van der Waals surface area contributed by atoms with Crippen LogP contribution in [0.3, 0.4) is 0 Å². The van der Waals surface area contributed by atoms with Crippen molar-refractivity contribution in [1.29, 1.82) is 0 Å².